The highest BCUT2D eigenvalue weighted by molar-refractivity contribution is 6.40. The van der Waals surface area contributed by atoms with Gasteiger partial charge in [-0.15, -0.1) is 0 Å². The van der Waals surface area contributed by atoms with Gasteiger partial charge < -0.3 is 39.0 Å². The van der Waals surface area contributed by atoms with Crippen molar-refractivity contribution in [1.29, 1.82) is 0 Å². The molecule has 3 aliphatic heterocycles. The zero-order valence-corrected chi connectivity index (χ0v) is 41.3. The monoisotopic (exact) mass is 928 g/mol. The highest BCUT2D eigenvalue weighted by Gasteiger charge is 2.51. The Morgan fingerprint density at radius 3 is 2.26 bits per heavy atom. The number of allylic oxidation sites excluding steroid dienone is 6. The van der Waals surface area contributed by atoms with Gasteiger partial charge in [0, 0.05) is 51.9 Å². The summed E-state index contributed by atoms with van der Waals surface area (Å²) < 4.78 is 29.4. The lowest BCUT2D eigenvalue weighted by molar-refractivity contribution is -0.264. The molecule has 3 N–H and O–H groups in total. The summed E-state index contributed by atoms with van der Waals surface area (Å²) in [7, 11) is 4.54. The summed E-state index contributed by atoms with van der Waals surface area (Å²) in [5.41, 5.74) is 1.29. The Morgan fingerprint density at radius 2 is 1.58 bits per heavy atom. The first-order chi connectivity index (χ1) is 31.2. The molecule has 0 aromatic rings. The Bertz CT molecular complexity index is 1770. The molecule has 3 fully saturated rings. The van der Waals surface area contributed by atoms with Crippen LogP contribution in [0.1, 0.15) is 126 Å². The van der Waals surface area contributed by atoms with E-state index < -0.39 is 90.3 Å². The van der Waals surface area contributed by atoms with Crippen molar-refractivity contribution in [2.75, 3.05) is 34.4 Å². The summed E-state index contributed by atoms with van der Waals surface area (Å²) in [5, 5.41) is 33.7. The van der Waals surface area contributed by atoms with Crippen molar-refractivity contribution >= 4 is 29.1 Å². The van der Waals surface area contributed by atoms with Crippen molar-refractivity contribution < 1.29 is 63.0 Å². The number of aliphatic hydroxyl groups is 3. The molecule has 66 heavy (non-hydrogen) atoms. The SMILES string of the molecule is CO[C@H]1C[C@@H]2CC[C@@H](C)[C@@](O)(O2)C(=O)C(=O)CN2CCCC[C@H]2C(=O)O[C@H]([C@H](C)C[C@@H]2CC[C@@H](O)[C@H](OC)C2)CC(=O)[C@H](C)/C=C(\C)[C@@H](O)[C@@H](OC)C(=O)[C@H](C)C[C@H](C)/C=C/C=C/C=C/1C. The minimum Gasteiger partial charge on any atom is -0.460 e. The highest BCUT2D eigenvalue weighted by Crippen LogP contribution is 2.37. The molecule has 0 unspecified atom stereocenters. The zero-order chi connectivity index (χ0) is 48.9. The number of ether oxygens (including phenoxy) is 5. The van der Waals surface area contributed by atoms with Gasteiger partial charge in [-0.1, -0.05) is 77.5 Å². The number of carbonyl (C=O) groups excluding carboxylic acids is 5. The number of hydrogen-bond donors (Lipinski definition) is 3. The molecule has 0 amide bonds. The molecule has 4 rings (SSSR count). The summed E-state index contributed by atoms with van der Waals surface area (Å²) in [6.45, 7) is 12.7. The fourth-order valence-corrected chi connectivity index (χ4v) is 10.3. The fraction of sp³-hybridized carbons (Fsp3) is 0.750. The first kappa shape index (κ1) is 55.4. The van der Waals surface area contributed by atoms with E-state index in [0.29, 0.717) is 76.3 Å². The molecular weight excluding hydrogens is 847 g/mol. The molecule has 2 bridgehead atoms. The molecule has 1 saturated carbocycles. The van der Waals surface area contributed by atoms with Crippen molar-refractivity contribution in [1.82, 2.24) is 4.90 Å². The van der Waals surface area contributed by atoms with E-state index in [9.17, 15) is 39.3 Å². The first-order valence-corrected chi connectivity index (χ1v) is 24.4. The molecule has 0 aromatic heterocycles. The van der Waals surface area contributed by atoms with Gasteiger partial charge in [0.2, 0.25) is 11.6 Å². The van der Waals surface area contributed by atoms with E-state index in [1.165, 1.54) is 7.11 Å². The van der Waals surface area contributed by atoms with Crippen LogP contribution in [0.5, 0.6) is 0 Å². The number of hydrogen-bond acceptors (Lipinski definition) is 14. The highest BCUT2D eigenvalue weighted by atomic mass is 16.6. The Labute approximate surface area is 393 Å². The molecule has 1 aliphatic carbocycles. The molecule has 0 aromatic carbocycles. The van der Waals surface area contributed by atoms with Gasteiger partial charge in [-0.2, -0.15) is 0 Å². The Balaban J connectivity index is 1.67. The third kappa shape index (κ3) is 14.9. The van der Waals surface area contributed by atoms with Gasteiger partial charge in [0.05, 0.1) is 31.0 Å². The second-order valence-corrected chi connectivity index (χ2v) is 20.0. The van der Waals surface area contributed by atoms with Crippen LogP contribution < -0.4 is 0 Å². The van der Waals surface area contributed by atoms with E-state index in [-0.39, 0.29) is 41.8 Å². The molecule has 2 saturated heterocycles. The summed E-state index contributed by atoms with van der Waals surface area (Å²) in [6, 6.07) is -0.874. The number of Topliss-reactive ketones (excluding diaryl/α,β-unsaturated/α-hetero) is 4. The van der Waals surface area contributed by atoms with Crippen molar-refractivity contribution in [2.45, 2.75) is 180 Å². The number of piperidine rings is 1. The van der Waals surface area contributed by atoms with Crippen LogP contribution in [-0.2, 0) is 47.7 Å². The van der Waals surface area contributed by atoms with Crippen LogP contribution in [0.2, 0.25) is 0 Å². The van der Waals surface area contributed by atoms with Gasteiger partial charge in [0.1, 0.15) is 30.1 Å². The summed E-state index contributed by atoms with van der Waals surface area (Å²) in [5.74, 6) is -7.31. The maximum Gasteiger partial charge on any atom is 0.323 e. The molecular formula is C52H81NO13. The molecule has 14 heteroatoms. The lowest BCUT2D eigenvalue weighted by atomic mass is 9.78. The Morgan fingerprint density at radius 1 is 0.848 bits per heavy atom. The molecule has 14 nitrogen and oxygen atoms in total. The third-order valence-electron chi connectivity index (χ3n) is 14.7. The van der Waals surface area contributed by atoms with Crippen molar-refractivity contribution in [2.24, 2.45) is 35.5 Å². The number of aliphatic hydroxyl groups excluding tert-OH is 2. The normalized spacial score (nSPS) is 40.4. The number of carbonyl (C=O) groups is 5. The van der Waals surface area contributed by atoms with E-state index in [1.54, 1.807) is 46.0 Å². The summed E-state index contributed by atoms with van der Waals surface area (Å²) >= 11 is 0. The van der Waals surface area contributed by atoms with E-state index in [0.717, 1.165) is 12.0 Å². The zero-order valence-electron chi connectivity index (χ0n) is 41.3. The van der Waals surface area contributed by atoms with Crippen molar-refractivity contribution in [3.63, 3.8) is 0 Å². The van der Waals surface area contributed by atoms with Gasteiger partial charge in [0.25, 0.3) is 5.78 Å². The first-order valence-electron chi connectivity index (χ1n) is 24.4. The molecule has 4 aliphatic rings. The largest absolute Gasteiger partial charge is 0.460 e. The van der Waals surface area contributed by atoms with E-state index >= 15 is 0 Å². The number of rotatable bonds is 6. The second kappa shape index (κ2) is 26.0. The minimum atomic E-state index is -2.35. The molecule has 372 valence electrons. The predicted molar refractivity (Wildman–Crippen MR) is 250 cm³/mol. The minimum absolute atomic E-state index is 0.0191. The summed E-state index contributed by atoms with van der Waals surface area (Å²) in [6.07, 6.45) is 12.0. The topological polar surface area (TPSA) is 195 Å². The fourth-order valence-electron chi connectivity index (χ4n) is 10.3. The number of esters is 1. The van der Waals surface area contributed by atoms with Gasteiger partial charge in [-0.3, -0.25) is 28.9 Å². The maximum absolute atomic E-state index is 14.3. The standard InChI is InChI=1S/C52H81NO13/c1-31-16-12-11-13-17-32(2)44(62-8)28-39-21-19-37(7)52(61,66-39)50(59)43(56)30-53-23-15-14-18-40(53)51(60)65-45(34(4)26-38-20-22-41(54)46(27-38)63-9)29-42(55)33(3)25-36(6)48(58)49(64-10)47(57)35(5)24-31/h11-13,16-17,25,31,33-35,37-41,44-46,48-49,54,58,61H,14-15,18-24,26-30H2,1-10H3/b13-11+,16-12+,32-17+,36-25+/t31-,33-,34-,35-,37-,38+,39+,40+,41-,44+,45+,46-,48-,49+,52-/m1/s1. The smallest absolute Gasteiger partial charge is 0.323 e. The Hall–Kier alpha value is -3.21. The van der Waals surface area contributed by atoms with E-state index in [4.69, 9.17) is 23.7 Å². The number of fused-ring (bicyclic) bond motifs is 3. The predicted octanol–water partition coefficient (Wildman–Crippen LogP) is 6.22. The quantitative estimate of drug-likeness (QED) is 0.154. The van der Waals surface area contributed by atoms with Crippen LogP contribution >= 0.6 is 0 Å². The van der Waals surface area contributed by atoms with Crippen LogP contribution in [0.4, 0.5) is 0 Å². The van der Waals surface area contributed by atoms with Crippen LogP contribution in [0.15, 0.2) is 47.6 Å². The van der Waals surface area contributed by atoms with Gasteiger partial charge in [-0.25, -0.2) is 0 Å². The van der Waals surface area contributed by atoms with Crippen molar-refractivity contribution in [3.05, 3.63) is 47.6 Å². The van der Waals surface area contributed by atoms with E-state index in [2.05, 4.69) is 0 Å². The van der Waals surface area contributed by atoms with Crippen LogP contribution in [0.3, 0.4) is 0 Å². The van der Waals surface area contributed by atoms with Crippen LogP contribution in [0.25, 0.3) is 0 Å². The number of methoxy groups -OCH3 is 3. The Kier molecular flexibility index (Phi) is 21.8. The number of nitrogens with zero attached hydrogens (tertiary/aromatic N) is 1. The number of ketones is 4. The lowest BCUT2D eigenvalue weighted by Crippen LogP contribution is -2.58. The van der Waals surface area contributed by atoms with Crippen LogP contribution in [-0.4, -0.2) is 138 Å². The van der Waals surface area contributed by atoms with Gasteiger partial charge in [-0.05, 0) is 107 Å². The third-order valence-corrected chi connectivity index (χ3v) is 14.7. The maximum atomic E-state index is 14.3. The second-order valence-electron chi connectivity index (χ2n) is 20.0. The number of cyclic esters (lactones) is 1. The van der Waals surface area contributed by atoms with E-state index in [1.807, 2.05) is 58.1 Å². The average molecular weight is 928 g/mol. The van der Waals surface area contributed by atoms with Crippen LogP contribution in [0, 0.1) is 35.5 Å². The summed E-state index contributed by atoms with van der Waals surface area (Å²) in [4.78, 5) is 71.6. The molecule has 0 radical (unpaired) electrons. The van der Waals surface area contributed by atoms with Gasteiger partial charge >= 0.3 is 5.97 Å². The average Bonchev–Trinajstić information content (AvgIpc) is 3.28. The lowest BCUT2D eigenvalue weighted by Gasteiger charge is -2.41. The molecule has 0 spiro atoms. The van der Waals surface area contributed by atoms with Crippen molar-refractivity contribution in [3.8, 4) is 0 Å². The molecule has 15 atom stereocenters. The van der Waals surface area contributed by atoms with Gasteiger partial charge in [0.15, 0.2) is 5.78 Å². The molecule has 3 heterocycles.